The third-order valence-electron chi connectivity index (χ3n) is 10.5. The Bertz CT molecular complexity index is 2150. The van der Waals surface area contributed by atoms with E-state index in [2.05, 4.69) is 184 Å². The average Bonchev–Trinajstić information content (AvgIpc) is 3.30. The summed E-state index contributed by atoms with van der Waals surface area (Å²) in [5.74, 6) is 0. The normalized spacial score (nSPS) is 18.2. The van der Waals surface area contributed by atoms with E-state index in [1.807, 2.05) is 0 Å². The summed E-state index contributed by atoms with van der Waals surface area (Å²) in [6.45, 7) is 11.8. The predicted octanol–water partition coefficient (Wildman–Crippen LogP) is 11.4. The largest absolute Gasteiger partial charge is 0.347 e. The quantitative estimate of drug-likeness (QED) is 0.155. The summed E-state index contributed by atoms with van der Waals surface area (Å²) in [5.41, 5.74) is 9.85. The number of anilines is 1. The molecule has 0 fully saturated rings. The zero-order chi connectivity index (χ0) is 32.6. The summed E-state index contributed by atoms with van der Waals surface area (Å²) in [7, 11) is 2.22. The van der Waals surface area contributed by atoms with Crippen molar-refractivity contribution in [2.45, 2.75) is 44.4 Å². The number of benzene rings is 6. The van der Waals surface area contributed by atoms with Crippen LogP contribution in [0.25, 0.3) is 21.5 Å². The number of fused-ring (bicyclic) bond motifs is 4. The van der Waals surface area contributed by atoms with Crippen molar-refractivity contribution in [1.82, 2.24) is 0 Å². The second-order valence-electron chi connectivity index (χ2n) is 13.6. The van der Waals surface area contributed by atoms with Crippen molar-refractivity contribution in [1.29, 1.82) is 0 Å². The summed E-state index contributed by atoms with van der Waals surface area (Å²) in [6.07, 6.45) is 8.62. The third-order valence-corrected chi connectivity index (χ3v) is 10.5. The molecule has 0 N–H and O–H groups in total. The van der Waals surface area contributed by atoms with Crippen LogP contribution in [0.2, 0.25) is 0 Å². The summed E-state index contributed by atoms with van der Waals surface area (Å²) in [4.78, 5) is 2.40. The molecule has 0 saturated heterocycles. The first kappa shape index (κ1) is 30.5. The molecule has 0 bridgehead atoms. The summed E-state index contributed by atoms with van der Waals surface area (Å²) in [5, 5.41) is 5.17. The van der Waals surface area contributed by atoms with Gasteiger partial charge in [0.2, 0.25) is 0 Å². The van der Waals surface area contributed by atoms with Crippen LogP contribution in [0.5, 0.6) is 0 Å². The molecular weight excluding hydrogens is 567 g/mol. The molecule has 2 atom stereocenters. The molecule has 1 nitrogen and oxygen atoms in total. The van der Waals surface area contributed by atoms with E-state index in [4.69, 9.17) is 6.58 Å². The van der Waals surface area contributed by atoms with Gasteiger partial charge in [0.1, 0.15) is 0 Å². The standard InChI is InChI=1S/C46H43N/c1-33-27-28-37-22-12-14-24-39(37)43(33)45(3,31-35-18-8-6-9-19-35)34(2)17-16-26-42-46(4,32-36-20-10-7-11-21-36)44-40-25-15-13-23-38(40)29-30-41(44)47(42)5/h6-30H,2,31-32H2,1,3-5H3/b17-16+,42-26+. The number of allylic oxidation sites excluding steroid dienone is 5. The average molecular weight is 610 g/mol. The first-order chi connectivity index (χ1) is 22.8. The molecule has 0 spiro atoms. The second-order valence-corrected chi connectivity index (χ2v) is 13.6. The zero-order valence-electron chi connectivity index (χ0n) is 28.0. The molecule has 6 aromatic rings. The minimum Gasteiger partial charge on any atom is -0.347 e. The fourth-order valence-corrected chi connectivity index (χ4v) is 8.15. The molecule has 0 amide bonds. The van der Waals surface area contributed by atoms with E-state index >= 15 is 0 Å². The molecule has 1 heteroatoms. The monoisotopic (exact) mass is 609 g/mol. The Hall–Kier alpha value is -5.14. The molecule has 0 aromatic heterocycles. The Labute approximate surface area is 280 Å². The Balaban J connectivity index is 1.33. The third kappa shape index (κ3) is 5.40. The maximum absolute atomic E-state index is 4.79. The highest BCUT2D eigenvalue weighted by Gasteiger charge is 2.43. The van der Waals surface area contributed by atoms with Crippen LogP contribution in [-0.2, 0) is 23.7 Å². The van der Waals surface area contributed by atoms with Crippen LogP contribution in [-0.4, -0.2) is 7.05 Å². The lowest BCUT2D eigenvalue weighted by atomic mass is 9.69. The molecular formula is C46H43N. The van der Waals surface area contributed by atoms with Gasteiger partial charge in [0.15, 0.2) is 0 Å². The van der Waals surface area contributed by atoms with Crippen molar-refractivity contribution >= 4 is 27.2 Å². The highest BCUT2D eigenvalue weighted by Crippen LogP contribution is 2.52. The van der Waals surface area contributed by atoms with Gasteiger partial charge in [-0.3, -0.25) is 0 Å². The van der Waals surface area contributed by atoms with Gasteiger partial charge in [0, 0.05) is 29.3 Å². The van der Waals surface area contributed by atoms with Gasteiger partial charge >= 0.3 is 0 Å². The van der Waals surface area contributed by atoms with Gasteiger partial charge in [0.05, 0.1) is 0 Å². The topological polar surface area (TPSA) is 3.24 Å². The number of aryl methyl sites for hydroxylation is 1. The highest BCUT2D eigenvalue weighted by molar-refractivity contribution is 5.95. The minimum absolute atomic E-state index is 0.211. The Morgan fingerprint density at radius 3 is 2.00 bits per heavy atom. The lowest BCUT2D eigenvalue weighted by molar-refractivity contribution is 0.568. The fraction of sp³-hybridized carbons (Fsp3) is 0.174. The van der Waals surface area contributed by atoms with Gasteiger partial charge in [-0.1, -0.05) is 153 Å². The van der Waals surface area contributed by atoms with E-state index in [9.17, 15) is 0 Å². The van der Waals surface area contributed by atoms with E-state index in [-0.39, 0.29) is 10.8 Å². The molecule has 6 aromatic carbocycles. The summed E-state index contributed by atoms with van der Waals surface area (Å²) >= 11 is 0. The van der Waals surface area contributed by atoms with Crippen LogP contribution in [0, 0.1) is 6.92 Å². The smallest absolute Gasteiger partial charge is 0.0454 e. The van der Waals surface area contributed by atoms with Crippen LogP contribution in [0.4, 0.5) is 5.69 Å². The SMILES string of the molecule is C=C(/C=C/C=C1/N(C)c2ccc3ccccc3c2C1(C)Cc1ccccc1)C(C)(Cc1ccccc1)c1c(C)ccc2ccccc12. The molecule has 0 saturated carbocycles. The maximum Gasteiger partial charge on any atom is 0.0454 e. The number of likely N-dealkylation sites (N-methyl/N-ethyl adjacent to an activating group) is 1. The van der Waals surface area contributed by atoms with Crippen LogP contribution >= 0.6 is 0 Å². The molecule has 47 heavy (non-hydrogen) atoms. The van der Waals surface area contributed by atoms with Gasteiger partial charge in [-0.25, -0.2) is 0 Å². The number of nitrogens with zero attached hydrogens (tertiary/aromatic N) is 1. The Kier molecular flexibility index (Phi) is 7.94. The molecule has 7 rings (SSSR count). The number of hydrogen-bond acceptors (Lipinski definition) is 1. The van der Waals surface area contributed by atoms with Crippen LogP contribution in [0.3, 0.4) is 0 Å². The lowest BCUT2D eigenvalue weighted by Crippen LogP contribution is -2.29. The van der Waals surface area contributed by atoms with E-state index in [1.54, 1.807) is 0 Å². The Morgan fingerprint density at radius 1 is 0.723 bits per heavy atom. The van der Waals surface area contributed by atoms with Gasteiger partial charge in [-0.05, 0) is 93.8 Å². The van der Waals surface area contributed by atoms with E-state index in [1.165, 1.54) is 60.7 Å². The molecule has 2 unspecified atom stereocenters. The van der Waals surface area contributed by atoms with Crippen LogP contribution < -0.4 is 4.90 Å². The summed E-state index contributed by atoms with van der Waals surface area (Å²) < 4.78 is 0. The van der Waals surface area contributed by atoms with Gasteiger partial charge in [0.25, 0.3) is 0 Å². The highest BCUT2D eigenvalue weighted by atomic mass is 15.2. The maximum atomic E-state index is 4.79. The van der Waals surface area contributed by atoms with E-state index < -0.39 is 0 Å². The second kappa shape index (κ2) is 12.2. The predicted molar refractivity (Wildman–Crippen MR) is 202 cm³/mol. The van der Waals surface area contributed by atoms with Gasteiger partial charge in [-0.15, -0.1) is 0 Å². The van der Waals surface area contributed by atoms with Crippen molar-refractivity contribution in [2.75, 3.05) is 11.9 Å². The fourth-order valence-electron chi connectivity index (χ4n) is 8.15. The van der Waals surface area contributed by atoms with Crippen molar-refractivity contribution in [3.63, 3.8) is 0 Å². The zero-order valence-corrected chi connectivity index (χ0v) is 28.0. The van der Waals surface area contributed by atoms with Crippen LogP contribution in [0.1, 0.15) is 41.7 Å². The van der Waals surface area contributed by atoms with Crippen molar-refractivity contribution in [3.05, 3.63) is 197 Å². The molecule has 232 valence electrons. The Morgan fingerprint density at radius 2 is 1.30 bits per heavy atom. The van der Waals surface area contributed by atoms with Crippen molar-refractivity contribution < 1.29 is 0 Å². The van der Waals surface area contributed by atoms with Crippen LogP contribution in [0.15, 0.2) is 170 Å². The minimum atomic E-state index is -0.310. The summed E-state index contributed by atoms with van der Waals surface area (Å²) in [6, 6.07) is 48.4. The molecule has 1 aliphatic heterocycles. The molecule has 0 radical (unpaired) electrons. The van der Waals surface area contributed by atoms with Gasteiger partial charge in [-0.2, -0.15) is 0 Å². The lowest BCUT2D eigenvalue weighted by Gasteiger charge is -2.34. The van der Waals surface area contributed by atoms with Gasteiger partial charge < -0.3 is 4.90 Å². The molecule has 1 aliphatic rings. The first-order valence-electron chi connectivity index (χ1n) is 16.7. The van der Waals surface area contributed by atoms with E-state index in [0.29, 0.717) is 0 Å². The number of rotatable bonds is 8. The molecule has 1 heterocycles. The molecule has 0 aliphatic carbocycles. The number of hydrogen-bond donors (Lipinski definition) is 0. The van der Waals surface area contributed by atoms with Crippen molar-refractivity contribution in [2.24, 2.45) is 0 Å². The van der Waals surface area contributed by atoms with E-state index in [0.717, 1.165) is 18.4 Å². The van der Waals surface area contributed by atoms with Crippen molar-refractivity contribution in [3.8, 4) is 0 Å². The first-order valence-corrected chi connectivity index (χ1v) is 16.7.